The molecule has 0 aliphatic heterocycles. The fourth-order valence-electron chi connectivity index (χ4n) is 1.69. The summed E-state index contributed by atoms with van der Waals surface area (Å²) < 4.78 is 0. The van der Waals surface area contributed by atoms with Crippen LogP contribution >= 0.6 is 0 Å². The first-order valence-electron chi connectivity index (χ1n) is 5.44. The van der Waals surface area contributed by atoms with Crippen LogP contribution in [0.3, 0.4) is 0 Å². The SMILES string of the molecule is CNc1cc(NC(C)=O)ccc1C(C)(C)C. The average molecular weight is 220 g/mol. The molecule has 0 fully saturated rings. The number of hydrogen-bond acceptors (Lipinski definition) is 2. The molecule has 0 aliphatic carbocycles. The van der Waals surface area contributed by atoms with Gasteiger partial charge in [-0.2, -0.15) is 0 Å². The van der Waals surface area contributed by atoms with Crippen molar-refractivity contribution >= 4 is 17.3 Å². The Balaban J connectivity index is 3.12. The summed E-state index contributed by atoms with van der Waals surface area (Å²) in [5.41, 5.74) is 3.21. The highest BCUT2D eigenvalue weighted by Crippen LogP contribution is 2.31. The molecule has 1 aromatic rings. The van der Waals surface area contributed by atoms with Crippen molar-refractivity contribution in [3.05, 3.63) is 23.8 Å². The van der Waals surface area contributed by atoms with Crippen molar-refractivity contribution in [2.45, 2.75) is 33.1 Å². The number of benzene rings is 1. The van der Waals surface area contributed by atoms with E-state index in [1.54, 1.807) is 0 Å². The number of anilines is 2. The highest BCUT2D eigenvalue weighted by molar-refractivity contribution is 5.89. The Hall–Kier alpha value is -1.51. The predicted octanol–water partition coefficient (Wildman–Crippen LogP) is 2.98. The molecule has 0 spiro atoms. The van der Waals surface area contributed by atoms with E-state index < -0.39 is 0 Å². The smallest absolute Gasteiger partial charge is 0.221 e. The zero-order chi connectivity index (χ0) is 12.3. The van der Waals surface area contributed by atoms with Crippen molar-refractivity contribution in [3.8, 4) is 0 Å². The lowest BCUT2D eigenvalue weighted by atomic mass is 9.85. The number of carbonyl (C=O) groups is 1. The van der Waals surface area contributed by atoms with Crippen LogP contribution in [0.1, 0.15) is 33.3 Å². The molecule has 0 radical (unpaired) electrons. The molecule has 3 nitrogen and oxygen atoms in total. The number of amides is 1. The summed E-state index contributed by atoms with van der Waals surface area (Å²) in [6, 6.07) is 5.95. The highest BCUT2D eigenvalue weighted by Gasteiger charge is 2.17. The first-order chi connectivity index (χ1) is 7.34. The van der Waals surface area contributed by atoms with Gasteiger partial charge in [0.1, 0.15) is 0 Å². The molecule has 88 valence electrons. The maximum atomic E-state index is 11.0. The fraction of sp³-hybridized carbons (Fsp3) is 0.462. The molecule has 0 bridgehead atoms. The van der Waals surface area contributed by atoms with Crippen LogP contribution in [0.25, 0.3) is 0 Å². The van der Waals surface area contributed by atoms with Crippen LogP contribution in [0.2, 0.25) is 0 Å². The topological polar surface area (TPSA) is 41.1 Å². The predicted molar refractivity (Wildman–Crippen MR) is 69.0 cm³/mol. The van der Waals surface area contributed by atoms with Gasteiger partial charge in [0.05, 0.1) is 0 Å². The molecule has 2 N–H and O–H groups in total. The van der Waals surface area contributed by atoms with E-state index in [-0.39, 0.29) is 11.3 Å². The number of rotatable bonds is 2. The third-order valence-corrected chi connectivity index (χ3v) is 2.42. The van der Waals surface area contributed by atoms with Crippen LogP contribution in [0.5, 0.6) is 0 Å². The molecule has 0 saturated heterocycles. The van der Waals surface area contributed by atoms with E-state index in [9.17, 15) is 4.79 Å². The second kappa shape index (κ2) is 4.56. The number of nitrogens with one attached hydrogen (secondary N) is 2. The van der Waals surface area contributed by atoms with Gasteiger partial charge in [-0.3, -0.25) is 4.79 Å². The minimum atomic E-state index is -0.0504. The molecule has 0 unspecified atom stereocenters. The molecule has 16 heavy (non-hydrogen) atoms. The Morgan fingerprint density at radius 3 is 2.31 bits per heavy atom. The van der Waals surface area contributed by atoms with Gasteiger partial charge < -0.3 is 10.6 Å². The third kappa shape index (κ3) is 2.99. The van der Waals surface area contributed by atoms with E-state index in [1.807, 2.05) is 19.2 Å². The van der Waals surface area contributed by atoms with Crippen LogP contribution < -0.4 is 10.6 Å². The minimum Gasteiger partial charge on any atom is -0.388 e. The van der Waals surface area contributed by atoms with Crippen molar-refractivity contribution in [2.75, 3.05) is 17.7 Å². The molecular weight excluding hydrogens is 200 g/mol. The van der Waals surface area contributed by atoms with Crippen LogP contribution in [-0.4, -0.2) is 13.0 Å². The fourth-order valence-corrected chi connectivity index (χ4v) is 1.69. The van der Waals surface area contributed by atoms with Gasteiger partial charge in [0, 0.05) is 25.3 Å². The molecule has 1 rings (SSSR count). The molecule has 3 heteroatoms. The molecule has 1 amide bonds. The lowest BCUT2D eigenvalue weighted by molar-refractivity contribution is -0.114. The van der Waals surface area contributed by atoms with E-state index in [2.05, 4.69) is 37.5 Å². The summed E-state index contributed by atoms with van der Waals surface area (Å²) in [6.07, 6.45) is 0. The quantitative estimate of drug-likeness (QED) is 0.804. The molecule has 0 saturated carbocycles. The van der Waals surface area contributed by atoms with Gasteiger partial charge in [-0.15, -0.1) is 0 Å². The summed E-state index contributed by atoms with van der Waals surface area (Å²) in [6.45, 7) is 8.01. The zero-order valence-corrected chi connectivity index (χ0v) is 10.6. The van der Waals surface area contributed by atoms with Gasteiger partial charge in [0.15, 0.2) is 0 Å². The summed E-state index contributed by atoms with van der Waals surface area (Å²) in [7, 11) is 1.89. The van der Waals surface area contributed by atoms with E-state index in [1.165, 1.54) is 12.5 Å². The molecule has 0 aromatic heterocycles. The van der Waals surface area contributed by atoms with Crippen molar-refractivity contribution in [2.24, 2.45) is 0 Å². The van der Waals surface area contributed by atoms with E-state index in [0.29, 0.717) is 0 Å². The van der Waals surface area contributed by atoms with Crippen LogP contribution in [-0.2, 0) is 10.2 Å². The van der Waals surface area contributed by atoms with Crippen LogP contribution in [0.15, 0.2) is 18.2 Å². The van der Waals surface area contributed by atoms with Crippen molar-refractivity contribution in [1.82, 2.24) is 0 Å². The summed E-state index contributed by atoms with van der Waals surface area (Å²) in [5, 5.41) is 5.94. The zero-order valence-electron chi connectivity index (χ0n) is 10.6. The summed E-state index contributed by atoms with van der Waals surface area (Å²) in [4.78, 5) is 11.0. The molecule has 0 heterocycles. The van der Waals surface area contributed by atoms with Gasteiger partial charge in [-0.1, -0.05) is 26.8 Å². The normalized spacial score (nSPS) is 11.1. The van der Waals surface area contributed by atoms with E-state index >= 15 is 0 Å². The van der Waals surface area contributed by atoms with Gasteiger partial charge in [-0.05, 0) is 23.1 Å². The Morgan fingerprint density at radius 2 is 1.88 bits per heavy atom. The van der Waals surface area contributed by atoms with Gasteiger partial charge in [-0.25, -0.2) is 0 Å². The Bertz CT molecular complexity index is 391. The maximum absolute atomic E-state index is 11.0. The number of hydrogen-bond donors (Lipinski definition) is 2. The number of carbonyl (C=O) groups excluding carboxylic acids is 1. The van der Waals surface area contributed by atoms with Gasteiger partial charge in [0.2, 0.25) is 5.91 Å². The Labute approximate surface area is 97.2 Å². The van der Waals surface area contributed by atoms with Crippen molar-refractivity contribution in [1.29, 1.82) is 0 Å². The van der Waals surface area contributed by atoms with Crippen LogP contribution in [0.4, 0.5) is 11.4 Å². The Morgan fingerprint density at radius 1 is 1.25 bits per heavy atom. The second-order valence-corrected chi connectivity index (χ2v) is 4.94. The largest absolute Gasteiger partial charge is 0.388 e. The Kier molecular flexibility index (Phi) is 3.58. The van der Waals surface area contributed by atoms with E-state index in [0.717, 1.165) is 11.4 Å². The summed E-state index contributed by atoms with van der Waals surface area (Å²) in [5.74, 6) is -0.0504. The monoisotopic (exact) mass is 220 g/mol. The molecule has 1 aromatic carbocycles. The highest BCUT2D eigenvalue weighted by atomic mass is 16.1. The molecule has 0 aliphatic rings. The first-order valence-corrected chi connectivity index (χ1v) is 5.44. The average Bonchev–Trinajstić information content (AvgIpc) is 2.14. The van der Waals surface area contributed by atoms with Gasteiger partial charge in [0.25, 0.3) is 0 Å². The lowest BCUT2D eigenvalue weighted by Gasteiger charge is -2.23. The second-order valence-electron chi connectivity index (χ2n) is 4.94. The van der Waals surface area contributed by atoms with Crippen molar-refractivity contribution in [3.63, 3.8) is 0 Å². The van der Waals surface area contributed by atoms with E-state index in [4.69, 9.17) is 0 Å². The van der Waals surface area contributed by atoms with Crippen LogP contribution in [0, 0.1) is 0 Å². The molecular formula is C13H20N2O. The summed E-state index contributed by atoms with van der Waals surface area (Å²) >= 11 is 0. The minimum absolute atomic E-state index is 0.0504. The maximum Gasteiger partial charge on any atom is 0.221 e. The molecule has 0 atom stereocenters. The third-order valence-electron chi connectivity index (χ3n) is 2.42. The standard InChI is InChI=1S/C13H20N2O/c1-9(16)15-10-6-7-11(13(2,3)4)12(8-10)14-5/h6-8,14H,1-5H3,(H,15,16). The van der Waals surface area contributed by atoms with Gasteiger partial charge >= 0.3 is 0 Å². The lowest BCUT2D eigenvalue weighted by Crippen LogP contribution is -2.14. The van der Waals surface area contributed by atoms with Crippen molar-refractivity contribution < 1.29 is 4.79 Å². The first kappa shape index (κ1) is 12.6.